The molecule has 21 heavy (non-hydrogen) atoms. The highest BCUT2D eigenvalue weighted by Gasteiger charge is 2.34. The van der Waals surface area contributed by atoms with Gasteiger partial charge < -0.3 is 9.64 Å². The van der Waals surface area contributed by atoms with Crippen LogP contribution in [0.15, 0.2) is 24.5 Å². The third-order valence-electron chi connectivity index (χ3n) is 3.10. The fourth-order valence-corrected chi connectivity index (χ4v) is 2.06. The van der Waals surface area contributed by atoms with Gasteiger partial charge in [0.1, 0.15) is 11.6 Å². The molecular weight excluding hydrogens is 268 g/mol. The van der Waals surface area contributed by atoms with E-state index < -0.39 is 11.6 Å². The minimum atomic E-state index is -0.484. The standard InChI is InChI=1S/C15H20N4O2/c1-15(2,3)21-14(20)19-9-12(10-19)18-13(8-16)11-4-6-17-7-5-11/h4-7,12-13,18H,9-10H2,1-3H3. The van der Waals surface area contributed by atoms with Crippen molar-refractivity contribution >= 4 is 6.09 Å². The average Bonchev–Trinajstić information content (AvgIpc) is 2.36. The molecule has 6 heteroatoms. The van der Waals surface area contributed by atoms with Crippen molar-refractivity contribution in [2.24, 2.45) is 0 Å². The van der Waals surface area contributed by atoms with E-state index in [9.17, 15) is 10.1 Å². The first-order valence-electron chi connectivity index (χ1n) is 6.92. The lowest BCUT2D eigenvalue weighted by Gasteiger charge is -2.40. The maximum atomic E-state index is 11.8. The maximum Gasteiger partial charge on any atom is 0.410 e. The Bertz CT molecular complexity index is 527. The molecule has 1 aromatic rings. The lowest BCUT2D eigenvalue weighted by Crippen LogP contribution is -2.60. The van der Waals surface area contributed by atoms with E-state index in [0.29, 0.717) is 13.1 Å². The fourth-order valence-electron chi connectivity index (χ4n) is 2.06. The summed E-state index contributed by atoms with van der Waals surface area (Å²) in [5.41, 5.74) is 0.394. The number of likely N-dealkylation sites (tertiary alicyclic amines) is 1. The lowest BCUT2D eigenvalue weighted by molar-refractivity contribution is 0.00475. The number of rotatable bonds is 3. The quantitative estimate of drug-likeness (QED) is 0.918. The van der Waals surface area contributed by atoms with Crippen molar-refractivity contribution in [2.45, 2.75) is 38.5 Å². The molecule has 1 unspecified atom stereocenters. The predicted octanol–water partition coefficient (Wildman–Crippen LogP) is 1.86. The van der Waals surface area contributed by atoms with Crippen molar-refractivity contribution in [2.75, 3.05) is 13.1 Å². The van der Waals surface area contributed by atoms with E-state index in [1.807, 2.05) is 32.9 Å². The molecule has 1 fully saturated rings. The van der Waals surface area contributed by atoms with Crippen molar-refractivity contribution in [3.63, 3.8) is 0 Å². The van der Waals surface area contributed by atoms with Gasteiger partial charge in [-0.1, -0.05) is 0 Å². The Balaban J connectivity index is 1.82. The van der Waals surface area contributed by atoms with Gasteiger partial charge in [0.2, 0.25) is 0 Å². The van der Waals surface area contributed by atoms with E-state index >= 15 is 0 Å². The first-order chi connectivity index (χ1) is 9.89. The van der Waals surface area contributed by atoms with Crippen LogP contribution in [0.5, 0.6) is 0 Å². The number of nitrogens with zero attached hydrogens (tertiary/aromatic N) is 3. The lowest BCUT2D eigenvalue weighted by atomic mass is 10.1. The van der Waals surface area contributed by atoms with Crippen LogP contribution in [0.1, 0.15) is 32.4 Å². The molecule has 1 aliphatic heterocycles. The van der Waals surface area contributed by atoms with Crippen LogP contribution in [0.25, 0.3) is 0 Å². The van der Waals surface area contributed by atoms with E-state index in [1.165, 1.54) is 0 Å². The Hall–Kier alpha value is -2.13. The number of hydrogen-bond donors (Lipinski definition) is 1. The van der Waals surface area contributed by atoms with Gasteiger partial charge in [0.15, 0.2) is 0 Å². The summed E-state index contributed by atoms with van der Waals surface area (Å²) in [6.45, 7) is 6.64. The number of ether oxygens (including phenoxy) is 1. The highest BCUT2D eigenvalue weighted by Crippen LogP contribution is 2.18. The Labute approximate surface area is 124 Å². The SMILES string of the molecule is CC(C)(C)OC(=O)N1CC(NC(C#N)c2ccncc2)C1. The molecule has 0 radical (unpaired) electrons. The molecule has 2 rings (SSSR count). The Morgan fingerprint density at radius 2 is 2.10 bits per heavy atom. The molecule has 0 saturated carbocycles. The van der Waals surface area contributed by atoms with Crippen LogP contribution in [0.4, 0.5) is 4.79 Å². The molecule has 1 aliphatic rings. The van der Waals surface area contributed by atoms with Crippen molar-refractivity contribution in [3.05, 3.63) is 30.1 Å². The summed E-state index contributed by atoms with van der Waals surface area (Å²) in [6, 6.07) is 5.56. The first kappa shape index (κ1) is 15.3. The number of aromatic nitrogens is 1. The summed E-state index contributed by atoms with van der Waals surface area (Å²) >= 11 is 0. The van der Waals surface area contributed by atoms with Gasteiger partial charge in [0.25, 0.3) is 0 Å². The van der Waals surface area contributed by atoms with Crippen LogP contribution in [0.3, 0.4) is 0 Å². The minimum absolute atomic E-state index is 0.107. The summed E-state index contributed by atoms with van der Waals surface area (Å²) in [5, 5.41) is 12.5. The second-order valence-electron chi connectivity index (χ2n) is 6.09. The number of hydrogen-bond acceptors (Lipinski definition) is 5. The van der Waals surface area contributed by atoms with Crippen LogP contribution >= 0.6 is 0 Å². The number of nitrogens with one attached hydrogen (secondary N) is 1. The van der Waals surface area contributed by atoms with Gasteiger partial charge in [-0.3, -0.25) is 10.3 Å². The van der Waals surface area contributed by atoms with Gasteiger partial charge in [-0.25, -0.2) is 4.79 Å². The molecule has 6 nitrogen and oxygen atoms in total. The average molecular weight is 288 g/mol. The molecule has 2 heterocycles. The van der Waals surface area contributed by atoms with Crippen molar-refractivity contribution in [3.8, 4) is 6.07 Å². The number of pyridine rings is 1. The largest absolute Gasteiger partial charge is 0.444 e. The zero-order valence-corrected chi connectivity index (χ0v) is 12.5. The molecule has 1 saturated heterocycles. The summed E-state index contributed by atoms with van der Waals surface area (Å²) < 4.78 is 5.29. The second-order valence-corrected chi connectivity index (χ2v) is 6.09. The molecule has 0 aromatic carbocycles. The van der Waals surface area contributed by atoms with Crippen molar-refractivity contribution in [1.82, 2.24) is 15.2 Å². The molecule has 1 amide bonds. The topological polar surface area (TPSA) is 78.2 Å². The summed E-state index contributed by atoms with van der Waals surface area (Å²) in [7, 11) is 0. The van der Waals surface area contributed by atoms with Gasteiger partial charge in [-0.2, -0.15) is 5.26 Å². The monoisotopic (exact) mass is 288 g/mol. The van der Waals surface area contributed by atoms with E-state index in [-0.39, 0.29) is 12.1 Å². The Kier molecular flexibility index (Phi) is 4.43. The molecule has 1 N–H and O–H groups in total. The third-order valence-corrected chi connectivity index (χ3v) is 3.10. The summed E-state index contributed by atoms with van der Waals surface area (Å²) in [4.78, 5) is 17.4. The normalized spacial score (nSPS) is 16.8. The van der Waals surface area contributed by atoms with Crippen LogP contribution in [-0.2, 0) is 4.74 Å². The molecule has 0 bridgehead atoms. The molecule has 1 aromatic heterocycles. The van der Waals surface area contributed by atoms with Crippen LogP contribution in [0.2, 0.25) is 0 Å². The zero-order valence-electron chi connectivity index (χ0n) is 12.5. The van der Waals surface area contributed by atoms with Crippen LogP contribution in [0, 0.1) is 11.3 Å². The highest BCUT2D eigenvalue weighted by atomic mass is 16.6. The minimum Gasteiger partial charge on any atom is -0.444 e. The molecule has 0 spiro atoms. The van der Waals surface area contributed by atoms with E-state index in [0.717, 1.165) is 5.56 Å². The number of carbonyl (C=O) groups is 1. The van der Waals surface area contributed by atoms with Gasteiger partial charge in [-0.05, 0) is 38.5 Å². The molecule has 1 atom stereocenters. The zero-order chi connectivity index (χ0) is 15.5. The highest BCUT2D eigenvalue weighted by molar-refractivity contribution is 5.69. The smallest absolute Gasteiger partial charge is 0.410 e. The van der Waals surface area contributed by atoms with Crippen molar-refractivity contribution in [1.29, 1.82) is 5.26 Å². The Morgan fingerprint density at radius 1 is 1.48 bits per heavy atom. The first-order valence-corrected chi connectivity index (χ1v) is 6.92. The van der Waals surface area contributed by atoms with Gasteiger partial charge in [0, 0.05) is 31.5 Å². The third kappa shape index (κ3) is 4.17. The van der Waals surface area contributed by atoms with E-state index in [1.54, 1.807) is 17.3 Å². The number of nitriles is 1. The number of amides is 1. The second kappa shape index (κ2) is 6.10. The summed E-state index contributed by atoms with van der Waals surface area (Å²) in [5.74, 6) is 0. The van der Waals surface area contributed by atoms with E-state index in [4.69, 9.17) is 4.74 Å². The maximum absolute atomic E-state index is 11.8. The van der Waals surface area contributed by atoms with Gasteiger partial charge in [-0.15, -0.1) is 0 Å². The molecular formula is C15H20N4O2. The van der Waals surface area contributed by atoms with Gasteiger partial charge in [0.05, 0.1) is 6.07 Å². The van der Waals surface area contributed by atoms with Crippen LogP contribution in [-0.4, -0.2) is 40.7 Å². The fraction of sp³-hybridized carbons (Fsp3) is 0.533. The van der Waals surface area contributed by atoms with E-state index in [2.05, 4.69) is 16.4 Å². The summed E-state index contributed by atoms with van der Waals surface area (Å²) in [6.07, 6.45) is 3.02. The number of carbonyl (C=O) groups excluding carboxylic acids is 1. The van der Waals surface area contributed by atoms with Crippen LogP contribution < -0.4 is 5.32 Å². The predicted molar refractivity (Wildman–Crippen MR) is 77.3 cm³/mol. The van der Waals surface area contributed by atoms with Gasteiger partial charge >= 0.3 is 6.09 Å². The van der Waals surface area contributed by atoms with Crippen molar-refractivity contribution < 1.29 is 9.53 Å². The molecule has 0 aliphatic carbocycles. The molecule has 112 valence electrons. The Morgan fingerprint density at radius 3 is 2.62 bits per heavy atom.